The predicted octanol–water partition coefficient (Wildman–Crippen LogP) is 3.39. The van der Waals surface area contributed by atoms with E-state index in [1.165, 1.54) is 4.90 Å². The van der Waals surface area contributed by atoms with E-state index in [0.29, 0.717) is 32.4 Å². The zero-order valence-corrected chi connectivity index (χ0v) is 24.5. The Kier molecular flexibility index (Phi) is 12.3. The fourth-order valence-corrected chi connectivity index (χ4v) is 4.84. The van der Waals surface area contributed by atoms with E-state index < -0.39 is 35.6 Å². The maximum absolute atomic E-state index is 13.7. The van der Waals surface area contributed by atoms with Crippen molar-refractivity contribution in [3.63, 3.8) is 0 Å². The minimum absolute atomic E-state index is 0.0852. The molecule has 0 spiro atoms. The fraction of sp³-hybridized carbons (Fsp3) is 0.484. The predicted molar refractivity (Wildman–Crippen MR) is 156 cm³/mol. The third-order valence-corrected chi connectivity index (χ3v) is 7.04. The summed E-state index contributed by atoms with van der Waals surface area (Å²) in [5, 5.41) is 0.788. The Hall–Kier alpha value is -3.76. The number of nitrogens with zero attached hydrogens (tertiary/aromatic N) is 3. The van der Waals surface area contributed by atoms with Crippen molar-refractivity contribution in [2.24, 2.45) is 17.8 Å². The van der Waals surface area contributed by atoms with Crippen LogP contribution in [-0.2, 0) is 32.2 Å². The number of nitrogens with one attached hydrogen (secondary N) is 2. The number of amides is 5. The average molecular weight is 566 g/mol. The van der Waals surface area contributed by atoms with E-state index in [9.17, 15) is 19.2 Å². The van der Waals surface area contributed by atoms with E-state index in [4.69, 9.17) is 4.84 Å². The van der Waals surface area contributed by atoms with Crippen LogP contribution in [0.25, 0.3) is 0 Å². The number of hydrogen-bond acceptors (Lipinski definition) is 6. The maximum Gasteiger partial charge on any atom is 0.346 e. The van der Waals surface area contributed by atoms with Crippen LogP contribution in [0.5, 0.6) is 0 Å². The molecule has 2 N–H and O–H groups in total. The molecule has 2 aromatic carbocycles. The molecular formula is C31H43N5O5. The standard InChI is InChI=1S/C31H43N5O5/c1-23(2)20-27(29(38)32-36-28(37)21-35(31(36)40)19-18-34(3)4)26(17-11-16-24-12-7-5-8-13-24)30(39)33-41-22-25-14-9-6-10-15-25/h5-10,12-15,23,26-27H,11,16-22H2,1-4H3,(H,32,38)(H,33,39)/t26-,27+/m0/s1. The SMILES string of the molecule is CC(C)C[C@@H](C(=O)NN1C(=O)CN(CCN(C)C)C1=O)[C@H](CCCc1ccccc1)C(=O)NOCc1ccccc1. The lowest BCUT2D eigenvalue weighted by molar-refractivity contribution is -0.147. The highest BCUT2D eigenvalue weighted by Gasteiger charge is 2.40. The highest BCUT2D eigenvalue weighted by Crippen LogP contribution is 2.27. The van der Waals surface area contributed by atoms with Crippen LogP contribution < -0.4 is 10.9 Å². The van der Waals surface area contributed by atoms with Crippen molar-refractivity contribution < 1.29 is 24.0 Å². The Bertz CT molecular complexity index is 1140. The van der Waals surface area contributed by atoms with E-state index in [0.717, 1.165) is 22.6 Å². The summed E-state index contributed by atoms with van der Waals surface area (Å²) in [5.41, 5.74) is 7.14. The number of carbonyl (C=O) groups excluding carboxylic acids is 4. The number of likely N-dealkylation sites (N-methyl/N-ethyl adjacent to an activating group) is 1. The number of aryl methyl sites for hydroxylation is 1. The lowest BCUT2D eigenvalue weighted by atomic mass is 9.81. The number of imide groups is 1. The maximum atomic E-state index is 13.7. The Morgan fingerprint density at radius 3 is 2.17 bits per heavy atom. The number of hydrazine groups is 1. The molecular weight excluding hydrogens is 522 g/mol. The van der Waals surface area contributed by atoms with Gasteiger partial charge in [0, 0.05) is 13.1 Å². The van der Waals surface area contributed by atoms with Gasteiger partial charge in [-0.3, -0.25) is 24.6 Å². The third-order valence-electron chi connectivity index (χ3n) is 7.04. The summed E-state index contributed by atoms with van der Waals surface area (Å²) < 4.78 is 0. The Balaban J connectivity index is 1.73. The zero-order chi connectivity index (χ0) is 29.8. The summed E-state index contributed by atoms with van der Waals surface area (Å²) in [6.07, 6.45) is 2.24. The van der Waals surface area contributed by atoms with Gasteiger partial charge in [-0.05, 0) is 56.8 Å². The summed E-state index contributed by atoms with van der Waals surface area (Å²) in [6, 6.07) is 18.9. The van der Waals surface area contributed by atoms with Gasteiger partial charge in [-0.2, -0.15) is 5.01 Å². The normalized spacial score (nSPS) is 15.0. The molecule has 0 aliphatic carbocycles. The molecule has 10 heteroatoms. The summed E-state index contributed by atoms with van der Waals surface area (Å²) in [4.78, 5) is 61.6. The molecule has 1 saturated heterocycles. The molecule has 1 fully saturated rings. The van der Waals surface area contributed by atoms with E-state index in [1.54, 1.807) is 0 Å². The van der Waals surface area contributed by atoms with Crippen molar-refractivity contribution in [2.45, 2.75) is 46.1 Å². The molecule has 5 amide bonds. The van der Waals surface area contributed by atoms with Gasteiger partial charge in [-0.1, -0.05) is 74.5 Å². The molecule has 41 heavy (non-hydrogen) atoms. The molecule has 2 aromatic rings. The molecule has 0 radical (unpaired) electrons. The van der Waals surface area contributed by atoms with Crippen LogP contribution in [0.4, 0.5) is 4.79 Å². The van der Waals surface area contributed by atoms with Gasteiger partial charge in [0.25, 0.3) is 5.91 Å². The summed E-state index contributed by atoms with van der Waals surface area (Å²) >= 11 is 0. The molecule has 1 aliphatic rings. The number of hydrogen-bond donors (Lipinski definition) is 2. The lowest BCUT2D eigenvalue weighted by Gasteiger charge is -2.28. The Labute approximate surface area is 242 Å². The first-order chi connectivity index (χ1) is 19.7. The summed E-state index contributed by atoms with van der Waals surface area (Å²) in [5.74, 6) is -2.85. The molecule has 222 valence electrons. The molecule has 3 rings (SSSR count). The van der Waals surface area contributed by atoms with Crippen molar-refractivity contribution >= 4 is 23.8 Å². The number of hydroxylamine groups is 1. The molecule has 10 nitrogen and oxygen atoms in total. The van der Waals surface area contributed by atoms with Crippen LogP contribution in [0.2, 0.25) is 0 Å². The molecule has 2 atom stereocenters. The molecule has 0 bridgehead atoms. The minimum atomic E-state index is -0.775. The highest BCUT2D eigenvalue weighted by atomic mass is 16.6. The van der Waals surface area contributed by atoms with Crippen molar-refractivity contribution in [3.8, 4) is 0 Å². The zero-order valence-electron chi connectivity index (χ0n) is 24.5. The molecule has 0 saturated carbocycles. The second-order valence-electron chi connectivity index (χ2n) is 11.2. The van der Waals surface area contributed by atoms with Gasteiger partial charge in [0.15, 0.2) is 0 Å². The largest absolute Gasteiger partial charge is 0.346 e. The molecule has 1 aliphatic heterocycles. The average Bonchev–Trinajstić information content (AvgIpc) is 3.21. The van der Waals surface area contributed by atoms with Crippen LogP contribution in [0.15, 0.2) is 60.7 Å². The monoisotopic (exact) mass is 565 g/mol. The van der Waals surface area contributed by atoms with E-state index >= 15 is 0 Å². The van der Waals surface area contributed by atoms with Gasteiger partial charge in [0.1, 0.15) is 6.54 Å². The van der Waals surface area contributed by atoms with E-state index in [-0.39, 0.29) is 19.1 Å². The number of benzene rings is 2. The van der Waals surface area contributed by atoms with Gasteiger partial charge in [-0.25, -0.2) is 10.3 Å². The summed E-state index contributed by atoms with van der Waals surface area (Å²) in [6.45, 7) is 4.98. The van der Waals surface area contributed by atoms with Crippen molar-refractivity contribution in [1.82, 2.24) is 25.7 Å². The van der Waals surface area contributed by atoms with Crippen LogP contribution >= 0.6 is 0 Å². The second-order valence-corrected chi connectivity index (χ2v) is 11.2. The smallest absolute Gasteiger partial charge is 0.312 e. The van der Waals surface area contributed by atoms with Gasteiger partial charge in [0.2, 0.25) is 11.8 Å². The first-order valence-corrected chi connectivity index (χ1v) is 14.2. The van der Waals surface area contributed by atoms with Crippen molar-refractivity contribution in [3.05, 3.63) is 71.8 Å². The summed E-state index contributed by atoms with van der Waals surface area (Å²) in [7, 11) is 3.76. The lowest BCUT2D eigenvalue weighted by Crippen LogP contribution is -2.52. The number of rotatable bonds is 16. The van der Waals surface area contributed by atoms with Crippen LogP contribution in [-0.4, -0.2) is 72.3 Å². The van der Waals surface area contributed by atoms with Crippen molar-refractivity contribution in [2.75, 3.05) is 33.7 Å². The minimum Gasteiger partial charge on any atom is -0.312 e. The topological polar surface area (TPSA) is 111 Å². The van der Waals surface area contributed by atoms with E-state index in [1.807, 2.05) is 93.5 Å². The first kappa shape index (κ1) is 31.8. The van der Waals surface area contributed by atoms with Gasteiger partial charge in [-0.15, -0.1) is 0 Å². The molecule has 1 heterocycles. The van der Waals surface area contributed by atoms with Crippen LogP contribution in [0, 0.1) is 17.8 Å². The highest BCUT2D eigenvalue weighted by molar-refractivity contribution is 6.03. The van der Waals surface area contributed by atoms with E-state index in [2.05, 4.69) is 10.9 Å². The molecule has 0 aromatic heterocycles. The van der Waals surface area contributed by atoms with Crippen LogP contribution in [0.3, 0.4) is 0 Å². The van der Waals surface area contributed by atoms with Gasteiger partial charge >= 0.3 is 6.03 Å². The fourth-order valence-electron chi connectivity index (χ4n) is 4.84. The Morgan fingerprint density at radius 2 is 1.56 bits per heavy atom. The first-order valence-electron chi connectivity index (χ1n) is 14.2. The van der Waals surface area contributed by atoms with Gasteiger partial charge < -0.3 is 9.80 Å². The number of carbonyl (C=O) groups is 4. The number of urea groups is 1. The quantitative estimate of drug-likeness (QED) is 0.239. The third kappa shape index (κ3) is 9.98. The molecule has 0 unspecified atom stereocenters. The Morgan fingerprint density at radius 1 is 0.927 bits per heavy atom. The second kappa shape index (κ2) is 15.9. The van der Waals surface area contributed by atoms with Gasteiger partial charge in [0.05, 0.1) is 18.4 Å². The van der Waals surface area contributed by atoms with Crippen molar-refractivity contribution in [1.29, 1.82) is 0 Å². The van der Waals surface area contributed by atoms with Crippen LogP contribution in [0.1, 0.15) is 44.2 Å².